The molecule has 126 valence electrons. The van der Waals surface area contributed by atoms with E-state index in [-0.39, 0.29) is 0 Å². The highest BCUT2D eigenvalue weighted by molar-refractivity contribution is 5.33. The van der Waals surface area contributed by atoms with Gasteiger partial charge in [-0.1, -0.05) is 32.0 Å². The summed E-state index contributed by atoms with van der Waals surface area (Å²) in [5.41, 5.74) is -1.29. The van der Waals surface area contributed by atoms with E-state index in [0.29, 0.717) is 5.69 Å². The SMILES string of the molecule is CC(C)C(F)(F)OCc1cn(-c2ccccc2)nc1C(F)(F)F. The molecule has 0 bridgehead atoms. The van der Waals surface area contributed by atoms with Gasteiger partial charge >= 0.3 is 12.3 Å². The Morgan fingerprint density at radius 1 is 1.09 bits per heavy atom. The Morgan fingerprint density at radius 3 is 2.22 bits per heavy atom. The molecule has 0 aliphatic carbocycles. The van der Waals surface area contributed by atoms with Crippen LogP contribution in [0.5, 0.6) is 0 Å². The number of ether oxygens (including phenoxy) is 1. The van der Waals surface area contributed by atoms with Crippen LogP contribution in [0, 0.1) is 5.92 Å². The first-order chi connectivity index (χ1) is 10.6. The number of nitrogens with zero attached hydrogens (tertiary/aromatic N) is 2. The van der Waals surface area contributed by atoms with E-state index in [1.165, 1.54) is 13.8 Å². The molecule has 1 aromatic heterocycles. The molecule has 0 amide bonds. The second kappa shape index (κ2) is 6.27. The van der Waals surface area contributed by atoms with Crippen LogP contribution in [0.15, 0.2) is 36.5 Å². The van der Waals surface area contributed by atoms with Crippen LogP contribution in [0.25, 0.3) is 5.69 Å². The lowest BCUT2D eigenvalue weighted by molar-refractivity contribution is -0.272. The number of para-hydroxylation sites is 1. The average Bonchev–Trinajstić information content (AvgIpc) is 2.90. The minimum Gasteiger partial charge on any atom is -0.315 e. The van der Waals surface area contributed by atoms with Crippen LogP contribution in [0.1, 0.15) is 25.1 Å². The van der Waals surface area contributed by atoms with Crippen LogP contribution in [0.2, 0.25) is 0 Å². The molecule has 0 fully saturated rings. The molecule has 8 heteroatoms. The van der Waals surface area contributed by atoms with Crippen molar-refractivity contribution in [3.63, 3.8) is 0 Å². The Morgan fingerprint density at radius 2 is 1.70 bits per heavy atom. The second-order valence-electron chi connectivity index (χ2n) is 5.29. The molecule has 0 unspecified atom stereocenters. The van der Waals surface area contributed by atoms with Crippen molar-refractivity contribution in [3.05, 3.63) is 47.8 Å². The molecule has 0 saturated carbocycles. The summed E-state index contributed by atoms with van der Waals surface area (Å²) < 4.78 is 71.4. The first kappa shape index (κ1) is 17.4. The number of hydrogen-bond donors (Lipinski definition) is 0. The molecular weight excluding hydrogens is 319 g/mol. The Balaban J connectivity index is 2.33. The van der Waals surface area contributed by atoms with Gasteiger partial charge in [-0.2, -0.15) is 27.1 Å². The van der Waals surface area contributed by atoms with Gasteiger partial charge in [-0.3, -0.25) is 0 Å². The zero-order valence-corrected chi connectivity index (χ0v) is 12.4. The van der Waals surface area contributed by atoms with Crippen LogP contribution in [-0.4, -0.2) is 15.9 Å². The van der Waals surface area contributed by atoms with Gasteiger partial charge in [0.2, 0.25) is 0 Å². The summed E-state index contributed by atoms with van der Waals surface area (Å²) in [4.78, 5) is 0. The maximum Gasteiger partial charge on any atom is 0.435 e. The minimum absolute atomic E-state index is 0.389. The highest BCUT2D eigenvalue weighted by Gasteiger charge is 2.39. The van der Waals surface area contributed by atoms with E-state index in [4.69, 9.17) is 0 Å². The molecule has 0 spiro atoms. The number of halogens is 5. The maximum absolute atomic E-state index is 13.5. The number of benzene rings is 1. The molecule has 23 heavy (non-hydrogen) atoms. The van der Waals surface area contributed by atoms with Crippen LogP contribution >= 0.6 is 0 Å². The van der Waals surface area contributed by atoms with Crippen molar-refractivity contribution in [2.45, 2.75) is 32.7 Å². The highest BCUT2D eigenvalue weighted by atomic mass is 19.4. The largest absolute Gasteiger partial charge is 0.435 e. The molecule has 3 nitrogen and oxygen atoms in total. The van der Waals surface area contributed by atoms with E-state index in [0.717, 1.165) is 10.9 Å². The average molecular weight is 334 g/mol. The fourth-order valence-electron chi connectivity index (χ4n) is 1.81. The zero-order chi connectivity index (χ0) is 17.3. The molecule has 0 radical (unpaired) electrons. The van der Waals surface area contributed by atoms with Crippen molar-refractivity contribution >= 4 is 0 Å². The monoisotopic (exact) mass is 334 g/mol. The van der Waals surface area contributed by atoms with Gasteiger partial charge in [0.05, 0.1) is 12.3 Å². The molecule has 0 N–H and O–H groups in total. The minimum atomic E-state index is -4.76. The maximum atomic E-state index is 13.5. The summed E-state index contributed by atoms with van der Waals surface area (Å²) in [6.45, 7) is 1.56. The molecule has 1 aromatic carbocycles. The van der Waals surface area contributed by atoms with Crippen molar-refractivity contribution in [1.82, 2.24) is 9.78 Å². The Bertz CT molecular complexity index is 650. The molecule has 0 aliphatic rings. The van der Waals surface area contributed by atoms with Gasteiger partial charge in [-0.05, 0) is 12.1 Å². The zero-order valence-electron chi connectivity index (χ0n) is 12.4. The van der Waals surface area contributed by atoms with E-state index < -0.39 is 36.1 Å². The first-order valence-electron chi connectivity index (χ1n) is 6.84. The van der Waals surface area contributed by atoms with Crippen molar-refractivity contribution in [1.29, 1.82) is 0 Å². The molecule has 1 heterocycles. The van der Waals surface area contributed by atoms with Crippen molar-refractivity contribution in [3.8, 4) is 5.69 Å². The third kappa shape index (κ3) is 4.07. The Labute approximate surface area is 129 Å². The van der Waals surface area contributed by atoms with Crippen molar-refractivity contribution in [2.75, 3.05) is 0 Å². The first-order valence-corrected chi connectivity index (χ1v) is 6.84. The Hall–Kier alpha value is -1.96. The van der Waals surface area contributed by atoms with Crippen molar-refractivity contribution in [2.24, 2.45) is 5.92 Å². The molecule has 0 aliphatic heterocycles. The third-order valence-electron chi connectivity index (χ3n) is 3.17. The molecular formula is C15H15F5N2O. The molecule has 0 saturated heterocycles. The summed E-state index contributed by atoms with van der Waals surface area (Å²) in [6, 6.07) is 8.08. The van der Waals surface area contributed by atoms with E-state index in [2.05, 4.69) is 9.84 Å². The Kier molecular flexibility index (Phi) is 4.74. The highest BCUT2D eigenvalue weighted by Crippen LogP contribution is 2.33. The smallest absolute Gasteiger partial charge is 0.315 e. The molecule has 2 rings (SSSR count). The van der Waals surface area contributed by atoms with Crippen LogP contribution in [-0.2, 0) is 17.5 Å². The van der Waals surface area contributed by atoms with Crippen LogP contribution in [0.4, 0.5) is 22.0 Å². The number of aromatic nitrogens is 2. The summed E-state index contributed by atoms with van der Waals surface area (Å²) in [7, 11) is 0. The van der Waals surface area contributed by atoms with E-state index >= 15 is 0 Å². The second-order valence-corrected chi connectivity index (χ2v) is 5.29. The van der Waals surface area contributed by atoms with Gasteiger partial charge in [-0.25, -0.2) is 4.68 Å². The van der Waals surface area contributed by atoms with Crippen LogP contribution < -0.4 is 0 Å². The summed E-state index contributed by atoms with van der Waals surface area (Å²) in [6.07, 6.45) is -7.22. The van der Waals surface area contributed by atoms with E-state index in [1.807, 2.05) is 0 Å². The molecule has 0 atom stereocenters. The van der Waals surface area contributed by atoms with E-state index in [9.17, 15) is 22.0 Å². The predicted molar refractivity (Wildman–Crippen MR) is 73.1 cm³/mol. The summed E-state index contributed by atoms with van der Waals surface area (Å²) in [5.74, 6) is -1.15. The summed E-state index contributed by atoms with van der Waals surface area (Å²) >= 11 is 0. The van der Waals surface area contributed by atoms with E-state index in [1.54, 1.807) is 30.3 Å². The number of alkyl halides is 5. The number of rotatable bonds is 5. The van der Waals surface area contributed by atoms with Crippen LogP contribution in [0.3, 0.4) is 0 Å². The normalized spacial score (nSPS) is 12.9. The predicted octanol–water partition coefficient (Wildman–Crippen LogP) is 4.66. The lowest BCUT2D eigenvalue weighted by Crippen LogP contribution is -2.27. The fraction of sp³-hybridized carbons (Fsp3) is 0.400. The summed E-state index contributed by atoms with van der Waals surface area (Å²) in [5, 5.41) is 3.46. The lowest BCUT2D eigenvalue weighted by Gasteiger charge is -2.20. The lowest BCUT2D eigenvalue weighted by atomic mass is 10.2. The quantitative estimate of drug-likeness (QED) is 0.744. The van der Waals surface area contributed by atoms with Gasteiger partial charge in [0.25, 0.3) is 0 Å². The van der Waals surface area contributed by atoms with Gasteiger partial charge < -0.3 is 4.74 Å². The fourth-order valence-corrected chi connectivity index (χ4v) is 1.81. The number of hydrogen-bond acceptors (Lipinski definition) is 2. The molecule has 2 aromatic rings. The topological polar surface area (TPSA) is 27.1 Å². The van der Waals surface area contributed by atoms with Crippen molar-refractivity contribution < 1.29 is 26.7 Å². The van der Waals surface area contributed by atoms with Gasteiger partial charge in [-0.15, -0.1) is 0 Å². The van der Waals surface area contributed by atoms with Gasteiger partial charge in [0.1, 0.15) is 0 Å². The third-order valence-corrected chi connectivity index (χ3v) is 3.17. The van der Waals surface area contributed by atoms with Gasteiger partial charge in [0, 0.05) is 17.7 Å². The van der Waals surface area contributed by atoms with Gasteiger partial charge in [0.15, 0.2) is 5.69 Å². The standard InChI is InChI=1S/C15H15F5N2O/c1-10(2)15(19,20)23-9-11-8-22(12-6-4-3-5-7-12)21-13(11)14(16,17)18/h3-8,10H,9H2,1-2H3.